The van der Waals surface area contributed by atoms with Crippen LogP contribution in [0.1, 0.15) is 5.56 Å². The van der Waals surface area contributed by atoms with Crippen molar-refractivity contribution in [3.8, 4) is 0 Å². The third kappa shape index (κ3) is 5.63. The molecule has 1 aromatic heterocycles. The number of aromatic nitrogens is 2. The zero-order chi connectivity index (χ0) is 23.0. The highest BCUT2D eigenvalue weighted by molar-refractivity contribution is 7.99. The lowest BCUT2D eigenvalue weighted by Crippen LogP contribution is -2.34. The van der Waals surface area contributed by atoms with Gasteiger partial charge in [0, 0.05) is 28.4 Å². The number of benzene rings is 3. The second-order valence-electron chi connectivity index (χ2n) is 7.39. The van der Waals surface area contributed by atoms with E-state index in [2.05, 4.69) is 34.1 Å². The lowest BCUT2D eigenvalue weighted by Gasteiger charge is -2.25. The van der Waals surface area contributed by atoms with E-state index in [1.54, 1.807) is 6.92 Å². The van der Waals surface area contributed by atoms with E-state index in [4.69, 9.17) is 4.74 Å². The van der Waals surface area contributed by atoms with Crippen molar-refractivity contribution in [2.75, 3.05) is 18.1 Å². The van der Waals surface area contributed by atoms with E-state index in [9.17, 15) is 9.59 Å². The summed E-state index contributed by atoms with van der Waals surface area (Å²) >= 11 is 1.38. The predicted molar refractivity (Wildman–Crippen MR) is 132 cm³/mol. The molecule has 0 saturated heterocycles. The Labute approximate surface area is 196 Å². The fourth-order valence-electron chi connectivity index (χ4n) is 3.43. The van der Waals surface area contributed by atoms with Crippen molar-refractivity contribution < 1.29 is 4.74 Å². The summed E-state index contributed by atoms with van der Waals surface area (Å²) in [6, 6.07) is 29.8. The number of ether oxygens (including phenoxy) is 1. The molecule has 0 radical (unpaired) electrons. The van der Waals surface area contributed by atoms with Crippen LogP contribution in [-0.4, -0.2) is 22.7 Å². The number of hydrogen-bond acceptors (Lipinski definition) is 5. The van der Waals surface area contributed by atoms with E-state index >= 15 is 0 Å². The third-order valence-corrected chi connectivity index (χ3v) is 6.37. The SMILES string of the molecule is Cc1c(Sc2ccccc2)n(COCCN(c2ccccc2)c2ccccc2)c(=O)[nH]c1=O. The molecule has 0 aliphatic heterocycles. The van der Waals surface area contributed by atoms with Gasteiger partial charge >= 0.3 is 5.69 Å². The van der Waals surface area contributed by atoms with Crippen LogP contribution >= 0.6 is 11.8 Å². The van der Waals surface area contributed by atoms with Crippen LogP contribution in [0, 0.1) is 6.92 Å². The summed E-state index contributed by atoms with van der Waals surface area (Å²) in [6.07, 6.45) is 0. The zero-order valence-corrected chi connectivity index (χ0v) is 19.1. The van der Waals surface area contributed by atoms with Crippen LogP contribution in [0.15, 0.2) is 111 Å². The van der Waals surface area contributed by atoms with Gasteiger partial charge in [0.25, 0.3) is 5.56 Å². The highest BCUT2D eigenvalue weighted by Gasteiger charge is 2.14. The molecule has 4 aromatic rings. The lowest BCUT2D eigenvalue weighted by atomic mass is 10.2. The van der Waals surface area contributed by atoms with Crippen molar-refractivity contribution in [1.82, 2.24) is 9.55 Å². The van der Waals surface area contributed by atoms with Gasteiger partial charge in [-0.3, -0.25) is 14.3 Å². The molecule has 0 unspecified atom stereocenters. The average molecular weight is 460 g/mol. The van der Waals surface area contributed by atoms with E-state index in [1.807, 2.05) is 66.7 Å². The molecule has 0 fully saturated rings. The Morgan fingerprint density at radius 1 is 0.848 bits per heavy atom. The highest BCUT2D eigenvalue weighted by Crippen LogP contribution is 2.28. The van der Waals surface area contributed by atoms with Crippen LogP contribution in [0.2, 0.25) is 0 Å². The van der Waals surface area contributed by atoms with E-state index in [1.165, 1.54) is 16.3 Å². The molecular formula is C26H25N3O3S. The van der Waals surface area contributed by atoms with Gasteiger partial charge in [-0.05, 0) is 43.3 Å². The molecule has 168 valence electrons. The maximum Gasteiger partial charge on any atom is 0.331 e. The standard InChI is InChI=1S/C26H25N3O3S/c1-20-24(30)27-26(31)29(25(20)33-23-15-9-4-10-16-23)19-32-18-17-28(21-11-5-2-6-12-21)22-13-7-3-8-14-22/h2-16H,17-19H2,1H3,(H,27,30,31). The van der Waals surface area contributed by atoms with Gasteiger partial charge in [0.15, 0.2) is 0 Å². The molecule has 0 saturated carbocycles. The number of anilines is 2. The third-order valence-electron chi connectivity index (χ3n) is 5.15. The lowest BCUT2D eigenvalue weighted by molar-refractivity contribution is 0.0736. The van der Waals surface area contributed by atoms with Crippen molar-refractivity contribution in [2.45, 2.75) is 23.6 Å². The first-order valence-electron chi connectivity index (χ1n) is 10.7. The molecule has 33 heavy (non-hydrogen) atoms. The minimum absolute atomic E-state index is 0.0447. The molecule has 4 rings (SSSR count). The summed E-state index contributed by atoms with van der Waals surface area (Å²) in [5.74, 6) is 0. The van der Waals surface area contributed by atoms with Crippen molar-refractivity contribution in [3.05, 3.63) is 117 Å². The molecule has 0 atom stereocenters. The van der Waals surface area contributed by atoms with Gasteiger partial charge in [0.1, 0.15) is 6.73 Å². The number of hydrogen-bond donors (Lipinski definition) is 1. The smallest absolute Gasteiger partial charge is 0.331 e. The summed E-state index contributed by atoms with van der Waals surface area (Å²) in [5.41, 5.74) is 1.75. The van der Waals surface area contributed by atoms with Crippen LogP contribution < -0.4 is 16.1 Å². The van der Waals surface area contributed by atoms with Gasteiger partial charge in [0.2, 0.25) is 0 Å². The van der Waals surface area contributed by atoms with Crippen molar-refractivity contribution in [2.24, 2.45) is 0 Å². The number of aromatic amines is 1. The second-order valence-corrected chi connectivity index (χ2v) is 8.45. The average Bonchev–Trinajstić information content (AvgIpc) is 2.85. The van der Waals surface area contributed by atoms with Crippen molar-refractivity contribution in [3.63, 3.8) is 0 Å². The summed E-state index contributed by atoms with van der Waals surface area (Å²) in [7, 11) is 0. The zero-order valence-electron chi connectivity index (χ0n) is 18.3. The molecule has 3 aromatic carbocycles. The Balaban J connectivity index is 1.50. The summed E-state index contributed by atoms with van der Waals surface area (Å²) in [6.45, 7) is 2.76. The molecule has 6 nitrogen and oxygen atoms in total. The summed E-state index contributed by atoms with van der Waals surface area (Å²) < 4.78 is 7.41. The van der Waals surface area contributed by atoms with E-state index in [0.717, 1.165) is 16.3 Å². The minimum atomic E-state index is -0.480. The first kappa shape index (κ1) is 22.6. The monoisotopic (exact) mass is 459 g/mol. The Bertz CT molecular complexity index is 1250. The maximum atomic E-state index is 12.6. The molecule has 0 aliphatic carbocycles. The molecule has 7 heteroatoms. The highest BCUT2D eigenvalue weighted by atomic mass is 32.2. The summed E-state index contributed by atoms with van der Waals surface area (Å²) in [5, 5.41) is 0.581. The number of para-hydroxylation sites is 2. The molecule has 0 amide bonds. The number of rotatable bonds is 9. The minimum Gasteiger partial charge on any atom is -0.359 e. The van der Waals surface area contributed by atoms with E-state index in [-0.39, 0.29) is 12.3 Å². The van der Waals surface area contributed by atoms with Gasteiger partial charge < -0.3 is 9.64 Å². The molecule has 0 bridgehead atoms. The Hall–Kier alpha value is -3.55. The Morgan fingerprint density at radius 2 is 1.39 bits per heavy atom. The molecular weight excluding hydrogens is 434 g/mol. The van der Waals surface area contributed by atoms with Crippen LogP contribution in [0.3, 0.4) is 0 Å². The van der Waals surface area contributed by atoms with E-state index < -0.39 is 5.69 Å². The fraction of sp³-hybridized carbons (Fsp3) is 0.154. The van der Waals surface area contributed by atoms with Crippen LogP contribution in [0.5, 0.6) is 0 Å². The largest absolute Gasteiger partial charge is 0.359 e. The van der Waals surface area contributed by atoms with Crippen molar-refractivity contribution >= 4 is 23.1 Å². The van der Waals surface area contributed by atoms with Crippen LogP contribution in [0.4, 0.5) is 11.4 Å². The fourth-order valence-corrected chi connectivity index (χ4v) is 4.44. The Morgan fingerprint density at radius 3 is 1.97 bits per heavy atom. The van der Waals surface area contributed by atoms with Gasteiger partial charge in [-0.15, -0.1) is 0 Å². The van der Waals surface area contributed by atoms with Crippen molar-refractivity contribution in [1.29, 1.82) is 0 Å². The quantitative estimate of drug-likeness (QED) is 0.287. The van der Waals surface area contributed by atoms with E-state index in [0.29, 0.717) is 23.7 Å². The molecule has 1 N–H and O–H groups in total. The predicted octanol–water partition coefficient (Wildman–Crippen LogP) is 4.81. The number of nitrogens with one attached hydrogen (secondary N) is 1. The number of H-pyrrole nitrogens is 1. The summed E-state index contributed by atoms with van der Waals surface area (Å²) in [4.78, 5) is 30.3. The first-order chi connectivity index (χ1) is 16.1. The van der Waals surface area contributed by atoms with Crippen LogP contribution in [-0.2, 0) is 11.5 Å². The molecule has 1 heterocycles. The van der Waals surface area contributed by atoms with Gasteiger partial charge in [0.05, 0.1) is 11.6 Å². The molecule has 0 aliphatic rings. The number of nitrogens with zero attached hydrogens (tertiary/aromatic N) is 2. The van der Waals surface area contributed by atoms with Crippen LogP contribution in [0.25, 0.3) is 0 Å². The second kappa shape index (κ2) is 10.8. The Kier molecular flexibility index (Phi) is 7.44. The first-order valence-corrected chi connectivity index (χ1v) is 11.5. The van der Waals surface area contributed by atoms with Gasteiger partial charge in [-0.25, -0.2) is 4.79 Å². The van der Waals surface area contributed by atoms with Gasteiger partial charge in [-0.1, -0.05) is 66.4 Å². The maximum absolute atomic E-state index is 12.6. The normalized spacial score (nSPS) is 10.8. The topological polar surface area (TPSA) is 67.3 Å². The molecule has 0 spiro atoms. The van der Waals surface area contributed by atoms with Gasteiger partial charge in [-0.2, -0.15) is 0 Å².